The van der Waals surface area contributed by atoms with Crippen LogP contribution in [0.2, 0.25) is 0 Å². The van der Waals surface area contributed by atoms with Gasteiger partial charge in [-0.3, -0.25) is 4.79 Å². The first-order valence-corrected chi connectivity index (χ1v) is 6.91. The van der Waals surface area contributed by atoms with Crippen molar-refractivity contribution >= 4 is 17.2 Å². The first-order chi connectivity index (χ1) is 9.33. The number of benzene rings is 1. The van der Waals surface area contributed by atoms with Crippen LogP contribution >= 0.6 is 11.3 Å². The molecule has 0 saturated heterocycles. The highest BCUT2D eigenvalue weighted by Crippen LogP contribution is 2.30. The van der Waals surface area contributed by atoms with Crippen molar-refractivity contribution < 1.29 is 14.3 Å². The number of rotatable bonds is 3. The van der Waals surface area contributed by atoms with Crippen LogP contribution in [0.4, 0.5) is 0 Å². The van der Waals surface area contributed by atoms with E-state index in [4.69, 9.17) is 9.47 Å². The second-order valence-corrected chi connectivity index (χ2v) is 5.13. The number of carbonyl (C=O) groups is 1. The van der Waals surface area contributed by atoms with Crippen molar-refractivity contribution in [1.82, 2.24) is 5.32 Å². The molecule has 98 valence electrons. The second kappa shape index (κ2) is 5.32. The fourth-order valence-corrected chi connectivity index (χ4v) is 2.51. The van der Waals surface area contributed by atoms with Crippen LogP contribution in [-0.4, -0.2) is 25.2 Å². The molecule has 0 fully saturated rings. The Morgan fingerprint density at radius 1 is 1.26 bits per heavy atom. The van der Waals surface area contributed by atoms with Gasteiger partial charge in [0.2, 0.25) is 0 Å². The number of nitrogens with one attached hydrogen (secondary N) is 1. The summed E-state index contributed by atoms with van der Waals surface area (Å²) in [5.41, 5.74) is 0. The third-order valence-corrected chi connectivity index (χ3v) is 3.67. The number of hydrogen-bond acceptors (Lipinski definition) is 4. The van der Waals surface area contributed by atoms with Gasteiger partial charge in [-0.05, 0) is 23.6 Å². The van der Waals surface area contributed by atoms with Gasteiger partial charge < -0.3 is 14.8 Å². The first-order valence-electron chi connectivity index (χ1n) is 6.03. The third kappa shape index (κ3) is 2.71. The van der Waals surface area contributed by atoms with E-state index < -0.39 is 0 Å². The van der Waals surface area contributed by atoms with E-state index in [0.29, 0.717) is 18.0 Å². The van der Waals surface area contributed by atoms with Crippen molar-refractivity contribution in [2.45, 2.75) is 6.10 Å². The minimum absolute atomic E-state index is 0.0718. The predicted molar refractivity (Wildman–Crippen MR) is 73.0 cm³/mol. The lowest BCUT2D eigenvalue weighted by atomic mass is 10.2. The molecule has 1 aromatic heterocycles. The number of fused-ring (bicyclic) bond motifs is 1. The molecule has 5 heteroatoms. The summed E-state index contributed by atoms with van der Waals surface area (Å²) in [7, 11) is 0. The molecule has 4 nitrogen and oxygen atoms in total. The molecule has 1 aliphatic heterocycles. The molecule has 0 saturated carbocycles. The van der Waals surface area contributed by atoms with Crippen LogP contribution in [0.25, 0.3) is 0 Å². The number of ether oxygens (including phenoxy) is 2. The summed E-state index contributed by atoms with van der Waals surface area (Å²) >= 11 is 1.42. The maximum Gasteiger partial charge on any atom is 0.261 e. The van der Waals surface area contributed by atoms with E-state index in [0.717, 1.165) is 11.5 Å². The Balaban J connectivity index is 1.57. The summed E-state index contributed by atoms with van der Waals surface area (Å²) < 4.78 is 11.3. The molecule has 2 aromatic rings. The highest BCUT2D eigenvalue weighted by molar-refractivity contribution is 7.12. The predicted octanol–water partition coefficient (Wildman–Crippen LogP) is 2.32. The van der Waals surface area contributed by atoms with Crippen LogP contribution in [0, 0.1) is 0 Å². The van der Waals surface area contributed by atoms with Crippen molar-refractivity contribution in [2.75, 3.05) is 13.2 Å². The summed E-state index contributed by atoms with van der Waals surface area (Å²) in [5, 5.41) is 4.73. The van der Waals surface area contributed by atoms with Gasteiger partial charge in [0, 0.05) is 0 Å². The van der Waals surface area contributed by atoms with E-state index in [1.165, 1.54) is 11.3 Å². The molecule has 1 atom stereocenters. The highest BCUT2D eigenvalue weighted by atomic mass is 32.1. The van der Waals surface area contributed by atoms with Crippen molar-refractivity contribution in [3.05, 3.63) is 46.7 Å². The molecule has 1 aliphatic rings. The molecule has 3 rings (SSSR count). The van der Waals surface area contributed by atoms with E-state index in [-0.39, 0.29) is 12.0 Å². The van der Waals surface area contributed by atoms with Gasteiger partial charge in [0.05, 0.1) is 11.4 Å². The minimum atomic E-state index is -0.154. The summed E-state index contributed by atoms with van der Waals surface area (Å²) in [6.45, 7) is 0.882. The standard InChI is InChI=1S/C14H13NO3S/c16-14(13-6-3-7-19-13)15-8-10-9-17-11-4-1-2-5-12(11)18-10/h1-7,10H,8-9H2,(H,15,16)/t10-/m1/s1. The Labute approximate surface area is 115 Å². The average molecular weight is 275 g/mol. The molecule has 1 aromatic carbocycles. The molecule has 0 spiro atoms. The van der Waals surface area contributed by atoms with Gasteiger partial charge in [-0.15, -0.1) is 11.3 Å². The second-order valence-electron chi connectivity index (χ2n) is 4.18. The summed E-state index contributed by atoms with van der Waals surface area (Å²) in [6, 6.07) is 11.2. The Hall–Kier alpha value is -2.01. The van der Waals surface area contributed by atoms with Crippen LogP contribution in [0.3, 0.4) is 0 Å². The molecule has 19 heavy (non-hydrogen) atoms. The van der Waals surface area contributed by atoms with Gasteiger partial charge in [-0.1, -0.05) is 18.2 Å². The van der Waals surface area contributed by atoms with Crippen LogP contribution in [-0.2, 0) is 0 Å². The number of para-hydroxylation sites is 2. The largest absolute Gasteiger partial charge is 0.486 e. The van der Waals surface area contributed by atoms with Crippen molar-refractivity contribution in [3.63, 3.8) is 0 Å². The molecule has 0 radical (unpaired) electrons. The molecule has 2 heterocycles. The molecular weight excluding hydrogens is 262 g/mol. The summed E-state index contributed by atoms with van der Waals surface area (Å²) in [5.74, 6) is 1.41. The number of hydrogen-bond donors (Lipinski definition) is 1. The Kier molecular flexibility index (Phi) is 3.37. The normalized spacial score (nSPS) is 16.9. The minimum Gasteiger partial charge on any atom is -0.486 e. The average Bonchev–Trinajstić information content (AvgIpc) is 2.99. The van der Waals surface area contributed by atoms with Crippen LogP contribution < -0.4 is 14.8 Å². The lowest BCUT2D eigenvalue weighted by Crippen LogP contribution is -2.40. The zero-order valence-electron chi connectivity index (χ0n) is 10.2. The smallest absolute Gasteiger partial charge is 0.261 e. The molecule has 1 amide bonds. The van der Waals surface area contributed by atoms with Gasteiger partial charge in [0.15, 0.2) is 11.5 Å². The van der Waals surface area contributed by atoms with Crippen molar-refractivity contribution in [1.29, 1.82) is 0 Å². The van der Waals surface area contributed by atoms with Crippen LogP contribution in [0.5, 0.6) is 11.5 Å². The number of amides is 1. The first kappa shape index (κ1) is 12.0. The van der Waals surface area contributed by atoms with Gasteiger partial charge in [-0.2, -0.15) is 0 Å². The van der Waals surface area contributed by atoms with Crippen molar-refractivity contribution in [2.24, 2.45) is 0 Å². The van der Waals surface area contributed by atoms with E-state index in [2.05, 4.69) is 5.32 Å². The topological polar surface area (TPSA) is 47.6 Å². The monoisotopic (exact) mass is 275 g/mol. The zero-order chi connectivity index (χ0) is 13.1. The lowest BCUT2D eigenvalue weighted by molar-refractivity contribution is 0.0791. The maximum atomic E-state index is 11.8. The summed E-state index contributed by atoms with van der Waals surface area (Å²) in [4.78, 5) is 12.5. The van der Waals surface area contributed by atoms with Crippen LogP contribution in [0.15, 0.2) is 41.8 Å². The fourth-order valence-electron chi connectivity index (χ4n) is 1.87. The Bertz CT molecular complexity index is 568. The van der Waals surface area contributed by atoms with Gasteiger partial charge in [-0.25, -0.2) is 0 Å². The number of carbonyl (C=O) groups excluding carboxylic acids is 1. The lowest BCUT2D eigenvalue weighted by Gasteiger charge is -2.26. The summed E-state index contributed by atoms with van der Waals surface area (Å²) in [6.07, 6.45) is -0.154. The SMILES string of the molecule is O=C(NC[C@@H]1COc2ccccc2O1)c1cccs1. The van der Waals surface area contributed by atoms with Crippen LogP contribution in [0.1, 0.15) is 9.67 Å². The van der Waals surface area contributed by atoms with E-state index in [9.17, 15) is 4.79 Å². The third-order valence-electron chi connectivity index (χ3n) is 2.80. The fraction of sp³-hybridized carbons (Fsp3) is 0.214. The highest BCUT2D eigenvalue weighted by Gasteiger charge is 2.21. The van der Waals surface area contributed by atoms with Gasteiger partial charge in [0.25, 0.3) is 5.91 Å². The molecule has 0 unspecified atom stereocenters. The quantitative estimate of drug-likeness (QED) is 0.935. The van der Waals surface area contributed by atoms with Gasteiger partial charge >= 0.3 is 0 Å². The molecule has 0 aliphatic carbocycles. The van der Waals surface area contributed by atoms with E-state index in [1.54, 1.807) is 6.07 Å². The maximum absolute atomic E-state index is 11.8. The van der Waals surface area contributed by atoms with E-state index >= 15 is 0 Å². The zero-order valence-corrected chi connectivity index (χ0v) is 11.0. The molecular formula is C14H13NO3S. The van der Waals surface area contributed by atoms with E-state index in [1.807, 2.05) is 35.7 Å². The Morgan fingerprint density at radius 2 is 2.11 bits per heavy atom. The Morgan fingerprint density at radius 3 is 2.89 bits per heavy atom. The molecule has 0 bridgehead atoms. The van der Waals surface area contributed by atoms with Gasteiger partial charge in [0.1, 0.15) is 12.7 Å². The van der Waals surface area contributed by atoms with Crippen molar-refractivity contribution in [3.8, 4) is 11.5 Å². The molecule has 1 N–H and O–H groups in total. The number of thiophene rings is 1.